The molecule has 0 aliphatic carbocycles. The minimum Gasteiger partial charge on any atom is -0.508 e. The van der Waals surface area contributed by atoms with Crippen LogP contribution in [-0.2, 0) is 17.9 Å². The Kier molecular flexibility index (Phi) is 12.4. The van der Waals surface area contributed by atoms with Crippen LogP contribution in [-0.4, -0.2) is 27.0 Å². The first-order valence-corrected chi connectivity index (χ1v) is 12.3. The van der Waals surface area contributed by atoms with Crippen LogP contribution in [0.1, 0.15) is 75.8 Å². The highest BCUT2D eigenvalue weighted by molar-refractivity contribution is 5.78. The number of hydrogen-bond acceptors (Lipinski definition) is 7. The largest absolute Gasteiger partial charge is 0.508 e. The van der Waals surface area contributed by atoms with E-state index in [-0.39, 0.29) is 24.6 Å². The van der Waals surface area contributed by atoms with Crippen molar-refractivity contribution in [3.63, 3.8) is 0 Å². The van der Waals surface area contributed by atoms with Crippen molar-refractivity contribution < 1.29 is 20.1 Å². The molecule has 2 rings (SSSR count). The van der Waals surface area contributed by atoms with Crippen LogP contribution in [0, 0.1) is 0 Å². The maximum atomic E-state index is 12.4. The van der Waals surface area contributed by atoms with Crippen molar-refractivity contribution in [1.82, 2.24) is 21.7 Å². The number of nitrogens with one attached hydrogen (secondary N) is 4. The number of hydrogen-bond donors (Lipinski definition) is 7. The van der Waals surface area contributed by atoms with E-state index in [2.05, 4.69) is 28.6 Å². The Hall–Kier alpha value is -2.65. The molecule has 0 aliphatic heterocycles. The van der Waals surface area contributed by atoms with Crippen molar-refractivity contribution in [1.29, 1.82) is 0 Å². The van der Waals surface area contributed by atoms with E-state index in [0.29, 0.717) is 17.5 Å². The molecule has 0 saturated carbocycles. The second-order valence-corrected chi connectivity index (χ2v) is 8.65. The van der Waals surface area contributed by atoms with Gasteiger partial charge in [-0.25, -0.2) is 15.6 Å². The van der Waals surface area contributed by atoms with Gasteiger partial charge in [0, 0.05) is 24.2 Å². The lowest BCUT2D eigenvalue weighted by Gasteiger charge is -2.32. The van der Waals surface area contributed by atoms with Crippen LogP contribution in [0.4, 0.5) is 0 Å². The first-order valence-electron chi connectivity index (χ1n) is 12.3. The van der Waals surface area contributed by atoms with Crippen molar-refractivity contribution in [2.24, 2.45) is 0 Å². The van der Waals surface area contributed by atoms with Crippen molar-refractivity contribution in [3.8, 4) is 11.5 Å². The van der Waals surface area contributed by atoms with Gasteiger partial charge >= 0.3 is 5.97 Å². The third-order valence-corrected chi connectivity index (χ3v) is 5.91. The van der Waals surface area contributed by atoms with E-state index in [1.807, 2.05) is 12.1 Å². The zero-order valence-corrected chi connectivity index (χ0v) is 20.1. The summed E-state index contributed by atoms with van der Waals surface area (Å²) in [6.45, 7) is 2.70. The lowest BCUT2D eigenvalue weighted by Crippen LogP contribution is -2.69. The van der Waals surface area contributed by atoms with Crippen LogP contribution in [0.15, 0.2) is 48.5 Å². The standard InChI is InChI=1S/C26H40N4O4/c1-2-3-4-5-6-7-8-13-18-26(25(33)34,29-27-19-21-14-9-11-16-23(21)31)30-28-20-22-15-10-12-17-24(22)32/h9-12,14-17,27-32H,2-8,13,18-20H2,1H3,(H,33,34). The Bertz CT molecular complexity index is 811. The average molecular weight is 473 g/mol. The Labute approximate surface area is 202 Å². The van der Waals surface area contributed by atoms with Crippen LogP contribution in [0.2, 0.25) is 0 Å². The fourth-order valence-electron chi connectivity index (χ4n) is 3.80. The number of carboxylic acids is 1. The molecule has 0 atom stereocenters. The number of hydrazine groups is 2. The number of carbonyl (C=O) groups is 1. The van der Waals surface area contributed by atoms with Crippen LogP contribution in [0.5, 0.6) is 11.5 Å². The van der Waals surface area contributed by atoms with Gasteiger partial charge in [0.15, 0.2) is 5.66 Å². The van der Waals surface area contributed by atoms with E-state index in [4.69, 9.17) is 0 Å². The molecule has 0 fully saturated rings. The number of unbranched alkanes of at least 4 members (excludes halogenated alkanes) is 7. The molecule has 0 amide bonds. The van der Waals surface area contributed by atoms with Crippen LogP contribution >= 0.6 is 0 Å². The molecule has 8 nitrogen and oxygen atoms in total. The summed E-state index contributed by atoms with van der Waals surface area (Å²) in [5.41, 5.74) is 11.6. The Balaban J connectivity index is 1.95. The lowest BCUT2D eigenvalue weighted by atomic mass is 10.0. The predicted molar refractivity (Wildman–Crippen MR) is 134 cm³/mol. The van der Waals surface area contributed by atoms with Crippen molar-refractivity contribution >= 4 is 5.97 Å². The predicted octanol–water partition coefficient (Wildman–Crippen LogP) is 4.30. The maximum absolute atomic E-state index is 12.4. The zero-order chi connectivity index (χ0) is 24.7. The molecule has 0 aromatic heterocycles. The number of aliphatic carboxylic acids is 1. The summed E-state index contributed by atoms with van der Waals surface area (Å²) in [6, 6.07) is 13.8. The Morgan fingerprint density at radius 2 is 1.18 bits per heavy atom. The van der Waals surface area contributed by atoms with Gasteiger partial charge in [-0.1, -0.05) is 88.3 Å². The van der Waals surface area contributed by atoms with Gasteiger partial charge in [0.1, 0.15) is 11.5 Å². The average Bonchev–Trinajstić information content (AvgIpc) is 2.82. The molecule has 0 spiro atoms. The van der Waals surface area contributed by atoms with Crippen molar-refractivity contribution in [3.05, 3.63) is 59.7 Å². The Morgan fingerprint density at radius 1 is 0.735 bits per heavy atom. The first-order chi connectivity index (χ1) is 16.5. The normalized spacial score (nSPS) is 11.6. The third-order valence-electron chi connectivity index (χ3n) is 5.91. The quantitative estimate of drug-likeness (QED) is 0.0973. The number of phenolic OH excluding ortho intramolecular Hbond substituents is 2. The van der Waals surface area contributed by atoms with Crippen LogP contribution in [0.3, 0.4) is 0 Å². The van der Waals surface area contributed by atoms with Gasteiger partial charge in [-0.05, 0) is 25.0 Å². The van der Waals surface area contributed by atoms with Crippen molar-refractivity contribution in [2.45, 2.75) is 83.5 Å². The summed E-state index contributed by atoms with van der Waals surface area (Å²) in [5.74, 6) is -0.761. The molecule has 8 heteroatoms. The topological polar surface area (TPSA) is 126 Å². The highest BCUT2D eigenvalue weighted by atomic mass is 16.4. The monoisotopic (exact) mass is 472 g/mol. The smallest absolute Gasteiger partial charge is 0.341 e. The van der Waals surface area contributed by atoms with Gasteiger partial charge in [0.2, 0.25) is 0 Å². The molecule has 0 radical (unpaired) electrons. The van der Waals surface area contributed by atoms with Crippen molar-refractivity contribution in [2.75, 3.05) is 0 Å². The molecule has 7 N–H and O–H groups in total. The first kappa shape index (κ1) is 27.6. The Morgan fingerprint density at radius 3 is 1.62 bits per heavy atom. The minimum absolute atomic E-state index is 0.145. The molecule has 2 aromatic rings. The molecule has 2 aromatic carbocycles. The van der Waals surface area contributed by atoms with E-state index in [1.54, 1.807) is 36.4 Å². The number of aromatic hydroxyl groups is 2. The highest BCUT2D eigenvalue weighted by Crippen LogP contribution is 2.18. The summed E-state index contributed by atoms with van der Waals surface area (Å²) in [7, 11) is 0. The molecular formula is C26H40N4O4. The minimum atomic E-state index is -1.48. The van der Waals surface area contributed by atoms with Gasteiger partial charge in [0.25, 0.3) is 0 Å². The molecular weight excluding hydrogens is 432 g/mol. The van der Waals surface area contributed by atoms with E-state index in [0.717, 1.165) is 25.7 Å². The molecule has 0 saturated heterocycles. The second-order valence-electron chi connectivity index (χ2n) is 8.65. The number of benzene rings is 2. The van der Waals surface area contributed by atoms with E-state index in [9.17, 15) is 20.1 Å². The maximum Gasteiger partial charge on any atom is 0.341 e. The van der Waals surface area contributed by atoms with E-state index in [1.165, 1.54) is 25.7 Å². The summed E-state index contributed by atoms with van der Waals surface area (Å²) in [4.78, 5) is 12.4. The summed E-state index contributed by atoms with van der Waals surface area (Å²) >= 11 is 0. The molecule has 188 valence electrons. The number of carboxylic acid groups (broad SMARTS) is 1. The summed E-state index contributed by atoms with van der Waals surface area (Å²) in [6.07, 6.45) is 9.23. The van der Waals surface area contributed by atoms with Gasteiger partial charge in [-0.2, -0.15) is 0 Å². The van der Waals surface area contributed by atoms with Gasteiger partial charge in [-0.15, -0.1) is 0 Å². The molecule has 0 heterocycles. The number of phenols is 2. The van der Waals surface area contributed by atoms with Gasteiger partial charge < -0.3 is 15.3 Å². The molecule has 34 heavy (non-hydrogen) atoms. The third kappa shape index (κ3) is 9.30. The fourth-order valence-corrected chi connectivity index (χ4v) is 3.80. The zero-order valence-electron chi connectivity index (χ0n) is 20.1. The van der Waals surface area contributed by atoms with E-state index >= 15 is 0 Å². The number of para-hydroxylation sites is 2. The molecule has 0 bridgehead atoms. The fraction of sp³-hybridized carbons (Fsp3) is 0.500. The van der Waals surface area contributed by atoms with Gasteiger partial charge in [-0.3, -0.25) is 10.9 Å². The van der Waals surface area contributed by atoms with Crippen LogP contribution < -0.4 is 21.7 Å². The summed E-state index contributed by atoms with van der Waals surface area (Å²) in [5, 5.41) is 30.1. The molecule has 0 unspecified atom stereocenters. The SMILES string of the molecule is CCCCCCCCCCC(NNCc1ccccc1O)(NNCc1ccccc1O)C(=O)O. The molecule has 0 aliphatic rings. The number of rotatable bonds is 18. The highest BCUT2D eigenvalue weighted by Gasteiger charge is 2.37. The van der Waals surface area contributed by atoms with E-state index < -0.39 is 11.6 Å². The lowest BCUT2D eigenvalue weighted by molar-refractivity contribution is -0.148. The second kappa shape index (κ2) is 15.3. The summed E-state index contributed by atoms with van der Waals surface area (Å²) < 4.78 is 0. The van der Waals surface area contributed by atoms with Crippen LogP contribution in [0.25, 0.3) is 0 Å². The van der Waals surface area contributed by atoms with Gasteiger partial charge in [0.05, 0.1) is 0 Å².